The summed E-state index contributed by atoms with van der Waals surface area (Å²) in [6, 6.07) is 0. The molecule has 1 aliphatic rings. The molecule has 1 aliphatic heterocycles. The number of carbonyl (C=O) groups excluding carboxylic acids is 1. The number of aromatic amines is 1. The summed E-state index contributed by atoms with van der Waals surface area (Å²) in [7, 11) is 0. The minimum absolute atomic E-state index is 0.0186. The van der Waals surface area contributed by atoms with E-state index in [4.69, 9.17) is 4.74 Å². The zero-order valence-electron chi connectivity index (χ0n) is 11.2. The first-order chi connectivity index (χ1) is 9.95. The Morgan fingerprint density at radius 2 is 2.33 bits per heavy atom. The molecule has 1 N–H and O–H groups in total. The minimum atomic E-state index is -2.00. The highest BCUT2D eigenvalue weighted by molar-refractivity contribution is 5.75. The molecular formula is C12H14F2N2O5. The zero-order chi connectivity index (χ0) is 15.6. The van der Waals surface area contributed by atoms with Crippen molar-refractivity contribution in [1.29, 1.82) is 0 Å². The lowest BCUT2D eigenvalue weighted by Gasteiger charge is -2.22. The van der Waals surface area contributed by atoms with Crippen LogP contribution < -0.4 is 11.2 Å². The van der Waals surface area contributed by atoms with Gasteiger partial charge in [0.05, 0.1) is 12.8 Å². The number of esters is 1. The first-order valence-corrected chi connectivity index (χ1v) is 6.39. The molecule has 0 radical (unpaired) electrons. The first-order valence-electron chi connectivity index (χ1n) is 6.39. The Balaban J connectivity index is 2.31. The third-order valence-corrected chi connectivity index (χ3v) is 3.19. The van der Waals surface area contributed by atoms with Crippen LogP contribution in [0.15, 0.2) is 15.8 Å². The molecule has 0 saturated carbocycles. The van der Waals surface area contributed by atoms with Crippen molar-refractivity contribution in [2.75, 3.05) is 13.2 Å². The van der Waals surface area contributed by atoms with Crippen LogP contribution in [0.25, 0.3) is 0 Å². The van der Waals surface area contributed by atoms with Gasteiger partial charge in [0.15, 0.2) is 0 Å². The van der Waals surface area contributed by atoms with Gasteiger partial charge in [-0.05, 0) is 13.3 Å². The van der Waals surface area contributed by atoms with Gasteiger partial charge >= 0.3 is 11.7 Å². The van der Waals surface area contributed by atoms with Gasteiger partial charge in [0.25, 0.3) is 5.56 Å². The Hall–Kier alpha value is -2.03. The second-order valence-electron chi connectivity index (χ2n) is 4.51. The first kappa shape index (κ1) is 15.4. The standard InChI is InChI=1S/C12H14F2N2O5/c1-2-20-11(18)8(14)6-3-4-21-10(6)16-5-7(13)9(17)15-12(16)19/h5-6,8,10H,2-4H2,1H3,(H,15,17,19). The van der Waals surface area contributed by atoms with Crippen LogP contribution in [-0.2, 0) is 14.3 Å². The molecule has 1 aromatic heterocycles. The molecule has 2 heterocycles. The van der Waals surface area contributed by atoms with Gasteiger partial charge in [0.1, 0.15) is 6.23 Å². The summed E-state index contributed by atoms with van der Waals surface area (Å²) in [5.74, 6) is -3.25. The fourth-order valence-corrected chi connectivity index (χ4v) is 2.21. The van der Waals surface area contributed by atoms with Crippen molar-refractivity contribution in [1.82, 2.24) is 9.55 Å². The van der Waals surface area contributed by atoms with Crippen LogP contribution in [0.3, 0.4) is 0 Å². The van der Waals surface area contributed by atoms with Crippen LogP contribution in [0.2, 0.25) is 0 Å². The van der Waals surface area contributed by atoms with Crippen LogP contribution in [0.4, 0.5) is 8.78 Å². The second kappa shape index (κ2) is 6.17. The maximum Gasteiger partial charge on any atom is 0.341 e. The van der Waals surface area contributed by atoms with Crippen molar-refractivity contribution in [3.63, 3.8) is 0 Å². The number of aromatic nitrogens is 2. The highest BCUT2D eigenvalue weighted by atomic mass is 19.1. The molecule has 116 valence electrons. The molecule has 0 amide bonds. The molecule has 1 aromatic rings. The number of hydrogen-bond acceptors (Lipinski definition) is 5. The van der Waals surface area contributed by atoms with Gasteiger partial charge in [0.2, 0.25) is 12.0 Å². The maximum absolute atomic E-state index is 14.1. The van der Waals surface area contributed by atoms with Gasteiger partial charge in [-0.15, -0.1) is 0 Å². The quantitative estimate of drug-likeness (QED) is 0.797. The van der Waals surface area contributed by atoms with Crippen LogP contribution in [0.1, 0.15) is 19.6 Å². The average Bonchev–Trinajstić information content (AvgIpc) is 2.91. The molecule has 1 saturated heterocycles. The number of H-pyrrole nitrogens is 1. The van der Waals surface area contributed by atoms with Crippen molar-refractivity contribution < 1.29 is 23.0 Å². The van der Waals surface area contributed by atoms with E-state index in [1.807, 2.05) is 0 Å². The Morgan fingerprint density at radius 3 is 3.00 bits per heavy atom. The Bertz CT molecular complexity index is 641. The number of rotatable bonds is 4. The van der Waals surface area contributed by atoms with E-state index in [-0.39, 0.29) is 19.6 Å². The maximum atomic E-state index is 14.1. The molecule has 0 aliphatic carbocycles. The highest BCUT2D eigenvalue weighted by Crippen LogP contribution is 2.33. The van der Waals surface area contributed by atoms with E-state index in [2.05, 4.69) is 4.74 Å². The average molecular weight is 304 g/mol. The molecule has 3 unspecified atom stereocenters. The van der Waals surface area contributed by atoms with Crippen molar-refractivity contribution >= 4 is 5.97 Å². The summed E-state index contributed by atoms with van der Waals surface area (Å²) in [5, 5.41) is 0. The van der Waals surface area contributed by atoms with Crippen LogP contribution in [0, 0.1) is 11.7 Å². The monoisotopic (exact) mass is 304 g/mol. The number of hydrogen-bond donors (Lipinski definition) is 1. The van der Waals surface area contributed by atoms with Gasteiger partial charge in [-0.3, -0.25) is 14.3 Å². The number of carbonyl (C=O) groups is 1. The number of ether oxygens (including phenoxy) is 2. The molecule has 21 heavy (non-hydrogen) atoms. The highest BCUT2D eigenvalue weighted by Gasteiger charge is 2.41. The summed E-state index contributed by atoms with van der Waals surface area (Å²) in [6.07, 6.45) is -2.37. The number of halogens is 2. The number of alkyl halides is 1. The fourth-order valence-electron chi connectivity index (χ4n) is 2.21. The molecule has 0 spiro atoms. The fraction of sp³-hybridized carbons (Fsp3) is 0.583. The largest absolute Gasteiger partial charge is 0.464 e. The molecule has 2 rings (SSSR count). The SMILES string of the molecule is CCOC(=O)C(F)C1CCOC1n1cc(F)c(=O)[nH]c1=O. The van der Waals surface area contributed by atoms with Crippen molar-refractivity contribution in [3.8, 4) is 0 Å². The van der Waals surface area contributed by atoms with Crippen molar-refractivity contribution in [3.05, 3.63) is 32.9 Å². The van der Waals surface area contributed by atoms with Gasteiger partial charge in [-0.1, -0.05) is 0 Å². The number of nitrogens with one attached hydrogen (secondary N) is 1. The molecule has 3 atom stereocenters. The van der Waals surface area contributed by atoms with Crippen molar-refractivity contribution in [2.45, 2.75) is 25.7 Å². The Kier molecular flexibility index (Phi) is 4.51. The van der Waals surface area contributed by atoms with E-state index in [9.17, 15) is 23.2 Å². The van der Waals surface area contributed by atoms with Crippen molar-refractivity contribution in [2.24, 2.45) is 5.92 Å². The summed E-state index contributed by atoms with van der Waals surface area (Å²) < 4.78 is 37.9. The minimum Gasteiger partial charge on any atom is -0.464 e. The third-order valence-electron chi connectivity index (χ3n) is 3.19. The Labute approximate surface area is 117 Å². The molecule has 9 heteroatoms. The van der Waals surface area contributed by atoms with E-state index >= 15 is 0 Å². The summed E-state index contributed by atoms with van der Waals surface area (Å²) in [5.41, 5.74) is -2.11. The lowest BCUT2D eigenvalue weighted by atomic mass is 10.00. The predicted octanol–water partition coefficient (Wildman–Crippen LogP) is 0.112. The third kappa shape index (κ3) is 3.02. The predicted molar refractivity (Wildman–Crippen MR) is 65.9 cm³/mol. The lowest BCUT2D eigenvalue weighted by molar-refractivity contribution is -0.153. The van der Waals surface area contributed by atoms with Gasteiger partial charge in [0, 0.05) is 12.5 Å². The van der Waals surface area contributed by atoms with E-state index in [1.54, 1.807) is 4.98 Å². The lowest BCUT2D eigenvalue weighted by Crippen LogP contribution is -2.39. The molecule has 1 fully saturated rings. The smallest absolute Gasteiger partial charge is 0.341 e. The van der Waals surface area contributed by atoms with Crippen LogP contribution >= 0.6 is 0 Å². The molecule has 7 nitrogen and oxygen atoms in total. The molecule has 0 aromatic carbocycles. The molecule has 0 bridgehead atoms. The van der Waals surface area contributed by atoms with Crippen LogP contribution in [0.5, 0.6) is 0 Å². The van der Waals surface area contributed by atoms with Crippen LogP contribution in [-0.4, -0.2) is 34.9 Å². The topological polar surface area (TPSA) is 90.4 Å². The zero-order valence-corrected chi connectivity index (χ0v) is 11.2. The van der Waals surface area contributed by atoms with Gasteiger partial charge < -0.3 is 9.47 Å². The second-order valence-corrected chi connectivity index (χ2v) is 4.51. The normalized spacial score (nSPS) is 23.0. The Morgan fingerprint density at radius 1 is 1.62 bits per heavy atom. The molecular weight excluding hydrogens is 290 g/mol. The summed E-state index contributed by atoms with van der Waals surface area (Å²) in [4.78, 5) is 35.8. The van der Waals surface area contributed by atoms with E-state index < -0.39 is 41.4 Å². The van der Waals surface area contributed by atoms with Gasteiger partial charge in [-0.25, -0.2) is 14.0 Å². The number of nitrogens with zero attached hydrogens (tertiary/aromatic N) is 1. The van der Waals surface area contributed by atoms with E-state index in [1.165, 1.54) is 6.92 Å². The summed E-state index contributed by atoms with van der Waals surface area (Å²) >= 11 is 0. The van der Waals surface area contributed by atoms with E-state index in [0.717, 1.165) is 4.57 Å². The van der Waals surface area contributed by atoms with Gasteiger partial charge in [-0.2, -0.15) is 4.39 Å². The summed E-state index contributed by atoms with van der Waals surface area (Å²) in [6.45, 7) is 1.65. The van der Waals surface area contributed by atoms with E-state index in [0.29, 0.717) is 6.20 Å².